The molecular formula is C11H12N2O6. The average Bonchev–Trinajstić information content (AvgIpc) is 2.83. The Kier molecular flexibility index (Phi) is 3.52. The summed E-state index contributed by atoms with van der Waals surface area (Å²) < 4.78 is 15.0. The zero-order valence-corrected chi connectivity index (χ0v) is 10.3. The van der Waals surface area contributed by atoms with Crippen LogP contribution in [0.4, 0.5) is 11.4 Å². The number of amides is 1. The first-order valence-corrected chi connectivity index (χ1v) is 5.44. The van der Waals surface area contributed by atoms with Crippen LogP contribution in [0.3, 0.4) is 0 Å². The summed E-state index contributed by atoms with van der Waals surface area (Å²) in [5.74, 6) is 0.153. The second-order valence-electron chi connectivity index (χ2n) is 3.85. The number of nitro benzene ring substituents is 1. The summed E-state index contributed by atoms with van der Waals surface area (Å²) in [4.78, 5) is 22.1. The van der Waals surface area contributed by atoms with E-state index >= 15 is 0 Å². The predicted octanol–water partition coefficient (Wildman–Crippen LogP) is 1.30. The lowest BCUT2D eigenvalue weighted by molar-refractivity contribution is -0.384. The minimum absolute atomic E-state index is 0.00163. The molecule has 1 unspecified atom stereocenters. The van der Waals surface area contributed by atoms with E-state index in [0.29, 0.717) is 5.75 Å². The van der Waals surface area contributed by atoms with E-state index in [4.69, 9.17) is 14.2 Å². The number of methoxy groups -OCH3 is 1. The number of ether oxygens (including phenoxy) is 3. The molecule has 1 amide bonds. The molecule has 0 bridgehead atoms. The highest BCUT2D eigenvalue weighted by Crippen LogP contribution is 2.40. The summed E-state index contributed by atoms with van der Waals surface area (Å²) in [5.41, 5.74) is -0.218. The average molecular weight is 268 g/mol. The molecule has 1 N–H and O–H groups in total. The van der Waals surface area contributed by atoms with Crippen molar-refractivity contribution >= 4 is 17.3 Å². The van der Waals surface area contributed by atoms with Crippen LogP contribution in [0.15, 0.2) is 12.1 Å². The van der Waals surface area contributed by atoms with Crippen molar-refractivity contribution in [3.05, 3.63) is 22.2 Å². The molecule has 1 aliphatic rings. The molecule has 2 rings (SSSR count). The van der Waals surface area contributed by atoms with Crippen LogP contribution in [-0.4, -0.2) is 30.8 Å². The summed E-state index contributed by atoms with van der Waals surface area (Å²) >= 11 is 0. The fraction of sp³-hybridized carbons (Fsp3) is 0.364. The van der Waals surface area contributed by atoms with Crippen LogP contribution in [-0.2, 0) is 9.53 Å². The second kappa shape index (κ2) is 5.11. The first-order valence-electron chi connectivity index (χ1n) is 5.44. The molecule has 0 fully saturated rings. The number of nitrogens with one attached hydrogen (secondary N) is 1. The van der Waals surface area contributed by atoms with Crippen molar-refractivity contribution in [2.24, 2.45) is 0 Å². The fourth-order valence-corrected chi connectivity index (χ4v) is 1.52. The van der Waals surface area contributed by atoms with Crippen molar-refractivity contribution in [2.45, 2.75) is 13.0 Å². The Morgan fingerprint density at radius 3 is 2.68 bits per heavy atom. The van der Waals surface area contributed by atoms with Gasteiger partial charge in [0.25, 0.3) is 11.6 Å². The highest BCUT2D eigenvalue weighted by Gasteiger charge is 2.25. The van der Waals surface area contributed by atoms with Crippen molar-refractivity contribution in [3.63, 3.8) is 0 Å². The maximum Gasteiger partial charge on any atom is 0.296 e. The van der Waals surface area contributed by atoms with Gasteiger partial charge in [0.2, 0.25) is 6.79 Å². The number of carbonyl (C=O) groups is 1. The first-order chi connectivity index (χ1) is 9.02. The molecule has 1 heterocycles. The van der Waals surface area contributed by atoms with Crippen molar-refractivity contribution in [2.75, 3.05) is 19.2 Å². The van der Waals surface area contributed by atoms with Crippen molar-refractivity contribution in [3.8, 4) is 11.5 Å². The standard InChI is InChI=1S/C11H12N2O6/c1-6(17-2)11(14)12-7-3-9-10(19-5-18-9)4-8(7)13(15)16/h3-4,6H,5H2,1-2H3,(H,12,14). The van der Waals surface area contributed by atoms with E-state index in [-0.39, 0.29) is 23.9 Å². The molecule has 0 aliphatic carbocycles. The van der Waals surface area contributed by atoms with Crippen LogP contribution < -0.4 is 14.8 Å². The third-order valence-corrected chi connectivity index (χ3v) is 2.67. The molecular weight excluding hydrogens is 256 g/mol. The van der Waals surface area contributed by atoms with E-state index < -0.39 is 16.9 Å². The van der Waals surface area contributed by atoms with Gasteiger partial charge < -0.3 is 19.5 Å². The van der Waals surface area contributed by atoms with Crippen LogP contribution >= 0.6 is 0 Å². The Morgan fingerprint density at radius 1 is 1.47 bits per heavy atom. The summed E-state index contributed by atoms with van der Waals surface area (Å²) in [6.45, 7) is 1.53. The molecule has 0 radical (unpaired) electrons. The molecule has 0 saturated carbocycles. The van der Waals surface area contributed by atoms with Gasteiger partial charge in [-0.2, -0.15) is 0 Å². The Labute approximate surface area is 108 Å². The maximum atomic E-state index is 11.7. The van der Waals surface area contributed by atoms with Gasteiger partial charge >= 0.3 is 0 Å². The van der Waals surface area contributed by atoms with Crippen LogP contribution in [0.25, 0.3) is 0 Å². The second-order valence-corrected chi connectivity index (χ2v) is 3.85. The Hall–Kier alpha value is -2.35. The van der Waals surface area contributed by atoms with E-state index in [1.54, 1.807) is 0 Å². The maximum absolute atomic E-state index is 11.7. The molecule has 1 aromatic carbocycles. The molecule has 1 aliphatic heterocycles. The number of fused-ring (bicyclic) bond motifs is 1. The van der Waals surface area contributed by atoms with Gasteiger partial charge in [-0.15, -0.1) is 0 Å². The van der Waals surface area contributed by atoms with Crippen LogP contribution in [0.1, 0.15) is 6.92 Å². The lowest BCUT2D eigenvalue weighted by atomic mass is 10.2. The molecule has 8 nitrogen and oxygen atoms in total. The molecule has 19 heavy (non-hydrogen) atoms. The number of hydrogen-bond donors (Lipinski definition) is 1. The summed E-state index contributed by atoms with van der Waals surface area (Å²) in [7, 11) is 1.37. The van der Waals surface area contributed by atoms with E-state index in [1.165, 1.54) is 26.2 Å². The van der Waals surface area contributed by atoms with E-state index in [9.17, 15) is 14.9 Å². The molecule has 0 spiro atoms. The zero-order chi connectivity index (χ0) is 14.0. The van der Waals surface area contributed by atoms with Gasteiger partial charge in [-0.05, 0) is 6.92 Å². The summed E-state index contributed by atoms with van der Waals surface area (Å²) in [6, 6.07) is 2.58. The SMILES string of the molecule is COC(C)C(=O)Nc1cc2c(cc1[N+](=O)[O-])OCO2. The fourth-order valence-electron chi connectivity index (χ4n) is 1.52. The quantitative estimate of drug-likeness (QED) is 0.652. The van der Waals surface area contributed by atoms with Gasteiger partial charge in [-0.3, -0.25) is 14.9 Å². The Bertz CT molecular complexity index is 530. The number of nitro groups is 1. The van der Waals surface area contributed by atoms with E-state index in [2.05, 4.69) is 5.32 Å². The zero-order valence-electron chi connectivity index (χ0n) is 10.3. The third kappa shape index (κ3) is 2.58. The number of nitrogens with zero attached hydrogens (tertiary/aromatic N) is 1. The van der Waals surface area contributed by atoms with Gasteiger partial charge in [-0.1, -0.05) is 0 Å². The van der Waals surface area contributed by atoms with Gasteiger partial charge in [0.15, 0.2) is 11.5 Å². The monoisotopic (exact) mass is 268 g/mol. The largest absolute Gasteiger partial charge is 0.454 e. The van der Waals surface area contributed by atoms with E-state index in [1.807, 2.05) is 0 Å². The molecule has 0 aromatic heterocycles. The minimum Gasteiger partial charge on any atom is -0.454 e. The molecule has 102 valence electrons. The van der Waals surface area contributed by atoms with Crippen LogP contribution in [0.5, 0.6) is 11.5 Å². The lowest BCUT2D eigenvalue weighted by Crippen LogP contribution is -2.26. The third-order valence-electron chi connectivity index (χ3n) is 2.67. The Balaban J connectivity index is 2.33. The van der Waals surface area contributed by atoms with Crippen LogP contribution in [0.2, 0.25) is 0 Å². The number of anilines is 1. The molecule has 1 aromatic rings. The number of hydrogen-bond acceptors (Lipinski definition) is 6. The first kappa shape index (κ1) is 13.1. The number of carbonyl (C=O) groups excluding carboxylic acids is 1. The van der Waals surface area contributed by atoms with Crippen molar-refractivity contribution in [1.82, 2.24) is 0 Å². The number of rotatable bonds is 4. The Morgan fingerprint density at radius 2 is 2.11 bits per heavy atom. The topological polar surface area (TPSA) is 99.9 Å². The highest BCUT2D eigenvalue weighted by molar-refractivity contribution is 5.96. The van der Waals surface area contributed by atoms with Gasteiger partial charge in [0, 0.05) is 13.2 Å². The van der Waals surface area contributed by atoms with Gasteiger partial charge in [0.1, 0.15) is 11.8 Å². The molecule has 1 atom stereocenters. The smallest absolute Gasteiger partial charge is 0.296 e. The summed E-state index contributed by atoms with van der Waals surface area (Å²) in [5, 5.41) is 13.4. The van der Waals surface area contributed by atoms with Gasteiger partial charge in [-0.25, -0.2) is 0 Å². The normalized spacial score (nSPS) is 14.0. The van der Waals surface area contributed by atoms with E-state index in [0.717, 1.165) is 0 Å². The predicted molar refractivity (Wildman–Crippen MR) is 64.3 cm³/mol. The van der Waals surface area contributed by atoms with Gasteiger partial charge in [0.05, 0.1) is 11.0 Å². The van der Waals surface area contributed by atoms with Crippen LogP contribution in [0, 0.1) is 10.1 Å². The summed E-state index contributed by atoms with van der Waals surface area (Å²) in [6.07, 6.45) is -0.718. The molecule has 0 saturated heterocycles. The molecule has 8 heteroatoms. The van der Waals surface area contributed by atoms with Crippen molar-refractivity contribution < 1.29 is 23.9 Å². The minimum atomic E-state index is -0.718. The lowest BCUT2D eigenvalue weighted by Gasteiger charge is -2.11. The highest BCUT2D eigenvalue weighted by atomic mass is 16.7. The van der Waals surface area contributed by atoms with Crippen molar-refractivity contribution in [1.29, 1.82) is 0 Å². The number of benzene rings is 1.